The average molecular weight is 493 g/mol. The Morgan fingerprint density at radius 2 is 1.71 bits per heavy atom. The molecule has 4 aromatic rings. The monoisotopic (exact) mass is 492 g/mol. The molecule has 180 valence electrons. The Kier molecular flexibility index (Phi) is 6.58. The van der Waals surface area contributed by atoms with Gasteiger partial charge in [0.05, 0.1) is 10.4 Å². The first-order chi connectivity index (χ1) is 16.6. The van der Waals surface area contributed by atoms with E-state index in [2.05, 4.69) is 5.32 Å². The molecule has 1 N–H and O–H groups in total. The minimum Gasteiger partial charge on any atom is -0.336 e. The third-order valence-corrected chi connectivity index (χ3v) is 7.68. The van der Waals surface area contributed by atoms with E-state index in [0.29, 0.717) is 17.6 Å². The molecular weight excluding hydrogens is 467 g/mol. The van der Waals surface area contributed by atoms with Gasteiger partial charge in [0.15, 0.2) is 0 Å². The first-order valence-electron chi connectivity index (χ1n) is 11.1. The van der Waals surface area contributed by atoms with Gasteiger partial charge in [-0.3, -0.25) is 9.59 Å². The molecule has 0 atom stereocenters. The van der Waals surface area contributed by atoms with Crippen LogP contribution < -0.4 is 10.7 Å². The minimum atomic E-state index is -4.26. The predicted octanol–water partition coefficient (Wildman–Crippen LogP) is 4.79. The second kappa shape index (κ2) is 9.46. The van der Waals surface area contributed by atoms with Crippen molar-refractivity contribution in [1.82, 2.24) is 4.57 Å². The number of sulfone groups is 1. The van der Waals surface area contributed by atoms with Crippen molar-refractivity contribution in [2.45, 2.75) is 43.5 Å². The summed E-state index contributed by atoms with van der Waals surface area (Å²) in [6.07, 6.45) is 1.84. The van der Waals surface area contributed by atoms with Gasteiger partial charge in [0.2, 0.25) is 21.2 Å². The van der Waals surface area contributed by atoms with E-state index in [9.17, 15) is 22.4 Å². The van der Waals surface area contributed by atoms with Gasteiger partial charge in [-0.25, -0.2) is 12.8 Å². The topological polar surface area (TPSA) is 85.2 Å². The molecule has 0 fully saturated rings. The molecule has 0 saturated heterocycles. The van der Waals surface area contributed by atoms with Crippen molar-refractivity contribution < 1.29 is 17.6 Å². The lowest BCUT2D eigenvalue weighted by Gasteiger charge is -2.15. The van der Waals surface area contributed by atoms with Crippen LogP contribution in [-0.2, 0) is 27.6 Å². The maximum Gasteiger partial charge on any atom is 0.244 e. The number of aryl methyl sites for hydroxylation is 3. The highest BCUT2D eigenvalue weighted by atomic mass is 32.2. The number of pyridine rings is 1. The Balaban J connectivity index is 1.84. The summed E-state index contributed by atoms with van der Waals surface area (Å²) in [5.74, 6) is -0.955. The molecule has 4 rings (SSSR count). The molecule has 1 heterocycles. The molecule has 3 aromatic carbocycles. The number of amides is 1. The van der Waals surface area contributed by atoms with Crippen LogP contribution in [0, 0.1) is 19.7 Å². The molecule has 35 heavy (non-hydrogen) atoms. The van der Waals surface area contributed by atoms with E-state index in [0.717, 1.165) is 41.0 Å². The van der Waals surface area contributed by atoms with Gasteiger partial charge in [0.25, 0.3) is 0 Å². The van der Waals surface area contributed by atoms with E-state index in [1.165, 1.54) is 10.8 Å². The van der Waals surface area contributed by atoms with Crippen molar-refractivity contribution in [3.8, 4) is 0 Å². The summed E-state index contributed by atoms with van der Waals surface area (Å²) in [4.78, 5) is 25.6. The lowest BCUT2D eigenvalue weighted by atomic mass is 10.1. The van der Waals surface area contributed by atoms with Gasteiger partial charge in [-0.15, -0.1) is 0 Å². The van der Waals surface area contributed by atoms with Crippen molar-refractivity contribution in [3.05, 3.63) is 99.6 Å². The van der Waals surface area contributed by atoms with Crippen molar-refractivity contribution in [1.29, 1.82) is 0 Å². The van der Waals surface area contributed by atoms with Crippen molar-refractivity contribution in [2.24, 2.45) is 0 Å². The summed E-state index contributed by atoms with van der Waals surface area (Å²) in [6.45, 7) is 5.52. The summed E-state index contributed by atoms with van der Waals surface area (Å²) in [7, 11) is -4.26. The highest BCUT2D eigenvalue weighted by Crippen LogP contribution is 2.23. The zero-order chi connectivity index (χ0) is 25.3. The smallest absolute Gasteiger partial charge is 0.244 e. The molecule has 0 aliphatic heterocycles. The number of anilines is 1. The quantitative estimate of drug-likeness (QED) is 0.392. The summed E-state index contributed by atoms with van der Waals surface area (Å²) in [5, 5.41) is 3.07. The molecule has 0 bridgehead atoms. The van der Waals surface area contributed by atoms with Crippen LogP contribution in [0.3, 0.4) is 0 Å². The lowest BCUT2D eigenvalue weighted by molar-refractivity contribution is -0.116. The third-order valence-electron chi connectivity index (χ3n) is 5.91. The van der Waals surface area contributed by atoms with Gasteiger partial charge < -0.3 is 9.88 Å². The molecule has 0 unspecified atom stereocenters. The standard InChI is InChI=1S/C27H25FN2O4S/c1-4-19-7-12-24-22(14-19)27(32)25(35(33,34)21-10-8-20(28)9-11-21)15-30(24)16-26(31)29-23-13-17(2)5-6-18(23)3/h5-15H,4,16H2,1-3H3,(H,29,31). The largest absolute Gasteiger partial charge is 0.336 e. The Morgan fingerprint density at radius 3 is 2.40 bits per heavy atom. The molecule has 0 aliphatic carbocycles. The highest BCUT2D eigenvalue weighted by molar-refractivity contribution is 7.91. The van der Waals surface area contributed by atoms with Crippen molar-refractivity contribution in [3.63, 3.8) is 0 Å². The molecule has 0 radical (unpaired) electrons. The Labute approximate surface area is 203 Å². The highest BCUT2D eigenvalue weighted by Gasteiger charge is 2.24. The molecule has 0 aliphatic rings. The molecule has 0 saturated carbocycles. The molecule has 1 aromatic heterocycles. The Hall–Kier alpha value is -3.78. The van der Waals surface area contributed by atoms with Gasteiger partial charge in [-0.1, -0.05) is 25.1 Å². The number of nitrogens with one attached hydrogen (secondary N) is 1. The first-order valence-corrected chi connectivity index (χ1v) is 12.6. The number of hydrogen-bond acceptors (Lipinski definition) is 4. The van der Waals surface area contributed by atoms with Gasteiger partial charge >= 0.3 is 0 Å². The summed E-state index contributed by atoms with van der Waals surface area (Å²) in [5.41, 5.74) is 3.18. The van der Waals surface area contributed by atoms with E-state index >= 15 is 0 Å². The van der Waals surface area contributed by atoms with Gasteiger partial charge in [-0.05, 0) is 79.4 Å². The number of nitrogens with zero attached hydrogens (tertiary/aromatic N) is 1. The van der Waals surface area contributed by atoms with Gasteiger partial charge in [0, 0.05) is 17.3 Å². The minimum absolute atomic E-state index is 0.201. The van der Waals surface area contributed by atoms with Crippen LogP contribution in [0.2, 0.25) is 0 Å². The fraction of sp³-hybridized carbons (Fsp3) is 0.185. The Bertz CT molecular complexity index is 1610. The number of rotatable bonds is 6. The summed E-state index contributed by atoms with van der Waals surface area (Å²) in [6, 6.07) is 15.2. The van der Waals surface area contributed by atoms with Crippen LogP contribution in [0.4, 0.5) is 10.1 Å². The zero-order valence-electron chi connectivity index (χ0n) is 19.6. The fourth-order valence-corrected chi connectivity index (χ4v) is 5.28. The van der Waals surface area contributed by atoms with Crippen LogP contribution in [-0.4, -0.2) is 18.9 Å². The fourth-order valence-electron chi connectivity index (χ4n) is 3.92. The van der Waals surface area contributed by atoms with E-state index in [4.69, 9.17) is 0 Å². The van der Waals surface area contributed by atoms with E-state index in [1.807, 2.05) is 45.0 Å². The molecule has 0 spiro atoms. The van der Waals surface area contributed by atoms with Crippen LogP contribution in [0.1, 0.15) is 23.6 Å². The van der Waals surface area contributed by atoms with Crippen LogP contribution >= 0.6 is 0 Å². The Morgan fingerprint density at radius 1 is 1.00 bits per heavy atom. The van der Waals surface area contributed by atoms with Crippen LogP contribution in [0.5, 0.6) is 0 Å². The number of benzene rings is 3. The number of halogens is 1. The molecular formula is C27H25FN2O4S. The molecule has 1 amide bonds. The lowest BCUT2D eigenvalue weighted by Crippen LogP contribution is -2.24. The molecule has 6 nitrogen and oxygen atoms in total. The van der Waals surface area contributed by atoms with Gasteiger partial charge in [-0.2, -0.15) is 0 Å². The normalized spacial score (nSPS) is 11.5. The SMILES string of the molecule is CCc1ccc2c(c1)c(=O)c(S(=O)(=O)c1ccc(F)cc1)cn2CC(=O)Nc1cc(C)ccc1C. The number of fused-ring (bicyclic) bond motifs is 1. The maximum atomic E-state index is 13.4. The van der Waals surface area contributed by atoms with Crippen LogP contribution in [0.25, 0.3) is 10.9 Å². The van der Waals surface area contributed by atoms with Crippen LogP contribution in [0.15, 0.2) is 81.4 Å². The summed E-state index contributed by atoms with van der Waals surface area (Å²) < 4.78 is 41.5. The average Bonchev–Trinajstić information content (AvgIpc) is 2.83. The second-order valence-electron chi connectivity index (χ2n) is 8.48. The zero-order valence-corrected chi connectivity index (χ0v) is 20.4. The number of aromatic nitrogens is 1. The molecule has 8 heteroatoms. The van der Waals surface area contributed by atoms with E-state index < -0.39 is 26.0 Å². The second-order valence-corrected chi connectivity index (χ2v) is 10.4. The van der Waals surface area contributed by atoms with Crippen molar-refractivity contribution >= 4 is 32.3 Å². The predicted molar refractivity (Wildman–Crippen MR) is 134 cm³/mol. The first kappa shape index (κ1) is 24.3. The number of carbonyl (C=O) groups is 1. The van der Waals surface area contributed by atoms with E-state index in [1.54, 1.807) is 12.1 Å². The number of hydrogen-bond donors (Lipinski definition) is 1. The maximum absolute atomic E-state index is 13.4. The van der Waals surface area contributed by atoms with Gasteiger partial charge in [0.1, 0.15) is 17.3 Å². The summed E-state index contributed by atoms with van der Waals surface area (Å²) >= 11 is 0. The number of carbonyl (C=O) groups excluding carboxylic acids is 1. The van der Waals surface area contributed by atoms with Crippen molar-refractivity contribution in [2.75, 3.05) is 5.32 Å². The third kappa shape index (κ3) is 4.88. The van der Waals surface area contributed by atoms with E-state index in [-0.39, 0.29) is 22.7 Å².